The maximum atomic E-state index is 14.5. The Hall–Kier alpha value is -4.41. The van der Waals surface area contributed by atoms with E-state index in [0.29, 0.717) is 42.0 Å². The SMILES string of the molecule is O=C(Nc1ccc2c(c1)N(Cc1ccc(OC(F)(F)F)cc1F)CCO2)Nc1ccc2cc[nH]c2c1. The third kappa shape index (κ3) is 5.29. The number of hydrogen-bond donors (Lipinski definition) is 3. The van der Waals surface area contributed by atoms with Gasteiger partial charge in [0.05, 0.1) is 12.2 Å². The zero-order valence-electron chi connectivity index (χ0n) is 18.7. The van der Waals surface area contributed by atoms with Crippen molar-refractivity contribution in [2.75, 3.05) is 28.7 Å². The lowest BCUT2D eigenvalue weighted by Gasteiger charge is -2.32. The number of rotatable bonds is 5. The van der Waals surface area contributed by atoms with Crippen molar-refractivity contribution in [3.05, 3.63) is 78.2 Å². The summed E-state index contributed by atoms with van der Waals surface area (Å²) in [6, 6.07) is 15.1. The number of carbonyl (C=O) groups is 1. The number of anilines is 3. The third-order valence-corrected chi connectivity index (χ3v) is 5.61. The first-order chi connectivity index (χ1) is 17.2. The van der Waals surface area contributed by atoms with Crippen LogP contribution < -0.4 is 25.0 Å². The minimum atomic E-state index is -4.90. The van der Waals surface area contributed by atoms with Crippen molar-refractivity contribution in [2.45, 2.75) is 12.9 Å². The first-order valence-corrected chi connectivity index (χ1v) is 10.9. The number of fused-ring (bicyclic) bond motifs is 2. The molecule has 3 N–H and O–H groups in total. The van der Waals surface area contributed by atoms with Gasteiger partial charge in [0.2, 0.25) is 0 Å². The van der Waals surface area contributed by atoms with E-state index in [2.05, 4.69) is 20.4 Å². The summed E-state index contributed by atoms with van der Waals surface area (Å²) in [5.41, 5.74) is 2.78. The van der Waals surface area contributed by atoms with E-state index in [0.717, 1.165) is 17.0 Å². The van der Waals surface area contributed by atoms with Gasteiger partial charge >= 0.3 is 12.4 Å². The zero-order valence-corrected chi connectivity index (χ0v) is 18.7. The van der Waals surface area contributed by atoms with Crippen LogP contribution in [-0.4, -0.2) is 30.5 Å². The Bertz CT molecular complexity index is 1420. The van der Waals surface area contributed by atoms with E-state index in [1.807, 2.05) is 29.3 Å². The molecule has 2 heterocycles. The highest BCUT2D eigenvalue weighted by Crippen LogP contribution is 2.36. The molecular formula is C25H20F4N4O3. The summed E-state index contributed by atoms with van der Waals surface area (Å²) < 4.78 is 61.2. The lowest BCUT2D eigenvalue weighted by molar-refractivity contribution is -0.274. The maximum Gasteiger partial charge on any atom is 0.573 e. The summed E-state index contributed by atoms with van der Waals surface area (Å²) in [5.74, 6) is -0.904. The van der Waals surface area contributed by atoms with Crippen LogP contribution in [-0.2, 0) is 6.54 Å². The van der Waals surface area contributed by atoms with Crippen LogP contribution in [0.5, 0.6) is 11.5 Å². The molecule has 0 aliphatic carbocycles. The molecule has 0 fully saturated rings. The second kappa shape index (κ2) is 9.33. The molecule has 3 aromatic carbocycles. The number of aromatic nitrogens is 1. The normalized spacial score (nSPS) is 13.2. The summed E-state index contributed by atoms with van der Waals surface area (Å²) in [5, 5.41) is 6.57. The smallest absolute Gasteiger partial charge is 0.490 e. The molecule has 0 bridgehead atoms. The Morgan fingerprint density at radius 3 is 2.58 bits per heavy atom. The van der Waals surface area contributed by atoms with Crippen LogP contribution in [0.1, 0.15) is 5.56 Å². The molecule has 5 rings (SSSR count). The van der Waals surface area contributed by atoms with Crippen LogP contribution >= 0.6 is 0 Å². The third-order valence-electron chi connectivity index (χ3n) is 5.61. The molecule has 0 atom stereocenters. The van der Waals surface area contributed by atoms with Crippen LogP contribution in [0.4, 0.5) is 39.4 Å². The predicted molar refractivity (Wildman–Crippen MR) is 127 cm³/mol. The Morgan fingerprint density at radius 1 is 1.03 bits per heavy atom. The molecule has 0 radical (unpaired) electrons. The molecule has 0 saturated carbocycles. The van der Waals surface area contributed by atoms with Crippen molar-refractivity contribution in [3.8, 4) is 11.5 Å². The number of urea groups is 1. The van der Waals surface area contributed by atoms with E-state index in [9.17, 15) is 22.4 Å². The summed E-state index contributed by atoms with van der Waals surface area (Å²) in [6.07, 6.45) is -3.09. The molecule has 0 spiro atoms. The van der Waals surface area contributed by atoms with Crippen molar-refractivity contribution in [2.24, 2.45) is 0 Å². The average molecular weight is 500 g/mol. The van der Waals surface area contributed by atoms with Crippen LogP contribution in [0.15, 0.2) is 66.9 Å². The monoisotopic (exact) mass is 500 g/mol. The summed E-state index contributed by atoms with van der Waals surface area (Å²) >= 11 is 0. The number of nitrogens with one attached hydrogen (secondary N) is 3. The fourth-order valence-electron chi connectivity index (χ4n) is 3.99. The van der Waals surface area contributed by atoms with Gasteiger partial charge in [-0.05, 0) is 47.9 Å². The van der Waals surface area contributed by atoms with Crippen LogP contribution in [0, 0.1) is 5.82 Å². The highest BCUT2D eigenvalue weighted by Gasteiger charge is 2.31. The molecule has 186 valence electrons. The molecule has 2 amide bonds. The van der Waals surface area contributed by atoms with Gasteiger partial charge in [0.1, 0.15) is 23.9 Å². The minimum absolute atomic E-state index is 0.0836. The molecule has 0 saturated heterocycles. The second-order valence-electron chi connectivity index (χ2n) is 8.11. The molecular weight excluding hydrogens is 480 g/mol. The van der Waals surface area contributed by atoms with Gasteiger partial charge in [-0.2, -0.15) is 0 Å². The average Bonchev–Trinajstić information content (AvgIpc) is 3.28. The molecule has 0 unspecified atom stereocenters. The molecule has 11 heteroatoms. The lowest BCUT2D eigenvalue weighted by Crippen LogP contribution is -2.32. The quantitative estimate of drug-likeness (QED) is 0.283. The topological polar surface area (TPSA) is 78.6 Å². The number of nitrogens with zero attached hydrogens (tertiary/aromatic N) is 1. The van der Waals surface area contributed by atoms with Crippen LogP contribution in [0.2, 0.25) is 0 Å². The number of aromatic amines is 1. The largest absolute Gasteiger partial charge is 0.573 e. The van der Waals surface area contributed by atoms with E-state index >= 15 is 0 Å². The number of halogens is 4. The molecule has 1 aliphatic rings. The first kappa shape index (κ1) is 23.3. The van der Waals surface area contributed by atoms with E-state index in [4.69, 9.17) is 4.74 Å². The molecule has 1 aliphatic heterocycles. The standard InChI is InChI=1S/C25H20F4N4O3/c26-20-13-19(36-25(27,28)29)5-2-16(20)14-33-9-10-35-23-6-4-18(12-22(23)33)32-24(34)31-17-3-1-15-7-8-30-21(15)11-17/h1-8,11-13,30H,9-10,14H2,(H2,31,32,34). The number of H-pyrrole nitrogens is 1. The van der Waals surface area contributed by atoms with Crippen molar-refractivity contribution in [1.29, 1.82) is 0 Å². The molecule has 1 aromatic heterocycles. The highest BCUT2D eigenvalue weighted by molar-refractivity contribution is 6.01. The fourth-order valence-corrected chi connectivity index (χ4v) is 3.99. The maximum absolute atomic E-state index is 14.5. The van der Waals surface area contributed by atoms with Crippen LogP contribution in [0.3, 0.4) is 0 Å². The number of carbonyl (C=O) groups excluding carboxylic acids is 1. The number of amides is 2. The van der Waals surface area contributed by atoms with Crippen molar-refractivity contribution in [1.82, 2.24) is 4.98 Å². The summed E-state index contributed by atoms with van der Waals surface area (Å²) in [6.45, 7) is 0.845. The minimum Gasteiger partial charge on any atom is -0.490 e. The van der Waals surface area contributed by atoms with Gasteiger partial charge in [0.15, 0.2) is 0 Å². The van der Waals surface area contributed by atoms with E-state index in [1.165, 1.54) is 6.07 Å². The number of alkyl halides is 3. The van der Waals surface area contributed by atoms with E-state index in [1.54, 1.807) is 24.3 Å². The highest BCUT2D eigenvalue weighted by atomic mass is 19.4. The van der Waals surface area contributed by atoms with Gasteiger partial charge in [0, 0.05) is 41.3 Å². The predicted octanol–water partition coefficient (Wildman–Crippen LogP) is 6.25. The van der Waals surface area contributed by atoms with E-state index in [-0.39, 0.29) is 12.1 Å². The van der Waals surface area contributed by atoms with Gasteiger partial charge < -0.3 is 30.0 Å². The molecule has 4 aromatic rings. The number of ether oxygens (including phenoxy) is 2. The Balaban J connectivity index is 1.29. The Labute approximate surface area is 202 Å². The number of benzene rings is 3. The van der Waals surface area contributed by atoms with Crippen molar-refractivity contribution < 1.29 is 31.8 Å². The van der Waals surface area contributed by atoms with Gasteiger partial charge in [-0.1, -0.05) is 12.1 Å². The van der Waals surface area contributed by atoms with Gasteiger partial charge in [-0.3, -0.25) is 0 Å². The fraction of sp³-hybridized carbons (Fsp3) is 0.160. The second-order valence-corrected chi connectivity index (χ2v) is 8.11. The van der Waals surface area contributed by atoms with Crippen molar-refractivity contribution in [3.63, 3.8) is 0 Å². The van der Waals surface area contributed by atoms with Gasteiger partial charge in [-0.25, -0.2) is 9.18 Å². The zero-order chi connectivity index (χ0) is 25.3. The first-order valence-electron chi connectivity index (χ1n) is 10.9. The number of hydrogen-bond acceptors (Lipinski definition) is 4. The van der Waals surface area contributed by atoms with Crippen LogP contribution in [0.25, 0.3) is 10.9 Å². The Morgan fingerprint density at radius 2 is 1.81 bits per heavy atom. The summed E-state index contributed by atoms with van der Waals surface area (Å²) in [7, 11) is 0. The molecule has 36 heavy (non-hydrogen) atoms. The Kier molecular flexibility index (Phi) is 6.05. The van der Waals surface area contributed by atoms with Gasteiger partial charge in [0.25, 0.3) is 0 Å². The van der Waals surface area contributed by atoms with E-state index < -0.39 is 24.0 Å². The molecule has 7 nitrogen and oxygen atoms in total. The van der Waals surface area contributed by atoms with Crippen molar-refractivity contribution >= 4 is 34.0 Å². The summed E-state index contributed by atoms with van der Waals surface area (Å²) in [4.78, 5) is 17.5. The van der Waals surface area contributed by atoms with Gasteiger partial charge in [-0.15, -0.1) is 13.2 Å². The lowest BCUT2D eigenvalue weighted by atomic mass is 10.1.